The Labute approximate surface area is 167 Å². The van der Waals surface area contributed by atoms with Gasteiger partial charge in [-0.3, -0.25) is 24.0 Å². The average Bonchev–Trinajstić information content (AvgIpc) is 2.90. The van der Waals surface area contributed by atoms with Crippen molar-refractivity contribution < 1.29 is 19.1 Å². The molecule has 0 radical (unpaired) electrons. The minimum atomic E-state index is -1.00. The van der Waals surface area contributed by atoms with Crippen LogP contribution in [0.5, 0.6) is 0 Å². The highest BCUT2D eigenvalue weighted by molar-refractivity contribution is 8.00. The number of aryl methyl sites for hydroxylation is 2. The summed E-state index contributed by atoms with van der Waals surface area (Å²) in [5.41, 5.74) is 2.77. The Balaban J connectivity index is 1.63. The third kappa shape index (κ3) is 4.04. The predicted octanol–water partition coefficient (Wildman–Crippen LogP) is 2.05. The van der Waals surface area contributed by atoms with Crippen LogP contribution in [0.4, 0.5) is 11.4 Å². The van der Waals surface area contributed by atoms with Crippen LogP contribution < -0.4 is 10.2 Å². The molecule has 2 amide bonds. The number of aromatic nitrogens is 2. The molecule has 3 rings (SSSR count). The van der Waals surface area contributed by atoms with Crippen molar-refractivity contribution in [2.45, 2.75) is 31.8 Å². The molecule has 2 aromatic rings. The minimum absolute atomic E-state index is 0.167. The van der Waals surface area contributed by atoms with Crippen LogP contribution >= 0.6 is 11.8 Å². The number of hydrogen-bond acceptors (Lipinski definition) is 6. The van der Waals surface area contributed by atoms with Gasteiger partial charge in [-0.1, -0.05) is 12.1 Å². The van der Waals surface area contributed by atoms with Gasteiger partial charge in [0.15, 0.2) is 6.10 Å². The monoisotopic (exact) mass is 402 g/mol. The second-order valence-corrected chi connectivity index (χ2v) is 7.54. The summed E-state index contributed by atoms with van der Waals surface area (Å²) < 4.78 is 6.92. The molecule has 0 fully saturated rings. The number of hydrogen-bond donors (Lipinski definition) is 1. The van der Waals surface area contributed by atoms with Gasteiger partial charge < -0.3 is 10.1 Å². The van der Waals surface area contributed by atoms with Gasteiger partial charge in [0, 0.05) is 11.9 Å². The molecule has 2 heterocycles. The molecular formula is C19H22N4O4S. The van der Waals surface area contributed by atoms with Crippen LogP contribution in [0.25, 0.3) is 0 Å². The topological polar surface area (TPSA) is 93.5 Å². The van der Waals surface area contributed by atoms with E-state index in [0.717, 1.165) is 10.6 Å². The second kappa shape index (κ2) is 8.05. The van der Waals surface area contributed by atoms with E-state index in [-0.39, 0.29) is 18.2 Å². The predicted molar refractivity (Wildman–Crippen MR) is 106 cm³/mol. The fourth-order valence-corrected chi connectivity index (χ4v) is 3.86. The van der Waals surface area contributed by atoms with Crippen molar-refractivity contribution in [3.05, 3.63) is 35.7 Å². The molecule has 8 nitrogen and oxygen atoms in total. The SMILES string of the molecule is Cc1nn(C)c(C)c1NC(=O)[C@@H](C)OC(=O)CN1C(=O)CSc2ccccc21. The van der Waals surface area contributed by atoms with Gasteiger partial charge in [0.25, 0.3) is 5.91 Å². The van der Waals surface area contributed by atoms with Crippen LogP contribution in [-0.4, -0.2) is 46.0 Å². The molecule has 148 valence electrons. The van der Waals surface area contributed by atoms with Crippen molar-refractivity contribution in [2.24, 2.45) is 7.05 Å². The number of nitrogens with zero attached hydrogens (tertiary/aromatic N) is 3. The molecule has 1 aliphatic rings. The third-order valence-electron chi connectivity index (χ3n) is 4.53. The van der Waals surface area contributed by atoms with E-state index >= 15 is 0 Å². The number of amides is 2. The maximum absolute atomic E-state index is 12.4. The number of nitrogens with one attached hydrogen (secondary N) is 1. The number of thioether (sulfide) groups is 1. The summed E-state index contributed by atoms with van der Waals surface area (Å²) >= 11 is 1.44. The van der Waals surface area contributed by atoms with Gasteiger partial charge in [-0.05, 0) is 32.9 Å². The Hall–Kier alpha value is -2.81. The highest BCUT2D eigenvalue weighted by Gasteiger charge is 2.28. The van der Waals surface area contributed by atoms with Crippen LogP contribution in [0.1, 0.15) is 18.3 Å². The molecule has 1 atom stereocenters. The third-order valence-corrected chi connectivity index (χ3v) is 5.58. The second-order valence-electron chi connectivity index (χ2n) is 6.53. The van der Waals surface area contributed by atoms with Gasteiger partial charge in [-0.15, -0.1) is 11.8 Å². The van der Waals surface area contributed by atoms with Gasteiger partial charge in [-0.2, -0.15) is 5.10 Å². The lowest BCUT2D eigenvalue weighted by Gasteiger charge is -2.28. The van der Waals surface area contributed by atoms with Crippen molar-refractivity contribution in [3.8, 4) is 0 Å². The normalized spacial score (nSPS) is 14.4. The summed E-state index contributed by atoms with van der Waals surface area (Å²) in [5.74, 6) is -0.995. The van der Waals surface area contributed by atoms with Crippen molar-refractivity contribution >= 4 is 40.9 Å². The van der Waals surface area contributed by atoms with Crippen molar-refractivity contribution in [2.75, 3.05) is 22.5 Å². The summed E-state index contributed by atoms with van der Waals surface area (Å²) in [4.78, 5) is 39.3. The molecule has 1 aromatic carbocycles. The fraction of sp³-hybridized carbons (Fsp3) is 0.368. The van der Waals surface area contributed by atoms with E-state index in [9.17, 15) is 14.4 Å². The van der Waals surface area contributed by atoms with Gasteiger partial charge in [-0.25, -0.2) is 0 Å². The Kier molecular flexibility index (Phi) is 5.73. The van der Waals surface area contributed by atoms with E-state index in [2.05, 4.69) is 10.4 Å². The van der Waals surface area contributed by atoms with E-state index in [1.54, 1.807) is 24.7 Å². The zero-order chi connectivity index (χ0) is 20.4. The van der Waals surface area contributed by atoms with Crippen LogP contribution in [0.15, 0.2) is 29.2 Å². The molecule has 0 unspecified atom stereocenters. The summed E-state index contributed by atoms with van der Waals surface area (Å²) in [6, 6.07) is 7.38. The summed E-state index contributed by atoms with van der Waals surface area (Å²) in [6.07, 6.45) is -1.00. The quantitative estimate of drug-likeness (QED) is 0.770. The first-order chi connectivity index (χ1) is 13.3. The molecule has 28 heavy (non-hydrogen) atoms. The maximum Gasteiger partial charge on any atom is 0.326 e. The molecule has 0 saturated carbocycles. The summed E-state index contributed by atoms with van der Waals surface area (Å²) in [5, 5.41) is 6.99. The van der Waals surface area contributed by atoms with E-state index < -0.39 is 18.0 Å². The molecule has 1 aliphatic heterocycles. The molecule has 9 heteroatoms. The highest BCUT2D eigenvalue weighted by Crippen LogP contribution is 2.34. The summed E-state index contributed by atoms with van der Waals surface area (Å²) in [6.45, 7) is 4.88. The zero-order valence-electron chi connectivity index (χ0n) is 16.2. The van der Waals surface area contributed by atoms with Gasteiger partial charge in [0.05, 0.1) is 28.5 Å². The van der Waals surface area contributed by atoms with E-state index in [0.29, 0.717) is 17.1 Å². The van der Waals surface area contributed by atoms with Crippen LogP contribution in [0, 0.1) is 13.8 Å². The number of esters is 1. The first-order valence-electron chi connectivity index (χ1n) is 8.80. The number of benzene rings is 1. The number of carbonyl (C=O) groups excluding carboxylic acids is 3. The Bertz CT molecular complexity index is 940. The molecule has 0 bridgehead atoms. The minimum Gasteiger partial charge on any atom is -0.451 e. The van der Waals surface area contributed by atoms with Crippen molar-refractivity contribution in [3.63, 3.8) is 0 Å². The molecule has 1 aromatic heterocycles. The number of fused-ring (bicyclic) bond motifs is 1. The Morgan fingerprint density at radius 2 is 2.04 bits per heavy atom. The first-order valence-corrected chi connectivity index (χ1v) is 9.79. The summed E-state index contributed by atoms with van der Waals surface area (Å²) in [7, 11) is 1.78. The Morgan fingerprint density at radius 1 is 1.32 bits per heavy atom. The highest BCUT2D eigenvalue weighted by atomic mass is 32.2. The van der Waals surface area contributed by atoms with E-state index in [4.69, 9.17) is 4.74 Å². The zero-order valence-corrected chi connectivity index (χ0v) is 17.0. The molecule has 1 N–H and O–H groups in total. The maximum atomic E-state index is 12.4. The smallest absolute Gasteiger partial charge is 0.326 e. The average molecular weight is 402 g/mol. The van der Waals surface area contributed by atoms with Crippen LogP contribution in [-0.2, 0) is 26.2 Å². The lowest BCUT2D eigenvalue weighted by molar-refractivity contribution is -0.152. The van der Waals surface area contributed by atoms with E-state index in [1.807, 2.05) is 25.1 Å². The largest absolute Gasteiger partial charge is 0.451 e. The lowest BCUT2D eigenvalue weighted by atomic mass is 10.2. The number of para-hydroxylation sites is 1. The Morgan fingerprint density at radius 3 is 2.71 bits per heavy atom. The van der Waals surface area contributed by atoms with Crippen molar-refractivity contribution in [1.29, 1.82) is 0 Å². The lowest BCUT2D eigenvalue weighted by Crippen LogP contribution is -2.41. The fourth-order valence-electron chi connectivity index (χ4n) is 2.92. The van der Waals surface area contributed by atoms with Gasteiger partial charge in [0.2, 0.25) is 5.91 Å². The molecular weight excluding hydrogens is 380 g/mol. The number of ether oxygens (including phenoxy) is 1. The van der Waals surface area contributed by atoms with Crippen LogP contribution in [0.3, 0.4) is 0 Å². The number of anilines is 2. The van der Waals surface area contributed by atoms with Gasteiger partial charge in [0.1, 0.15) is 6.54 Å². The molecule has 0 spiro atoms. The number of carbonyl (C=O) groups is 3. The molecule has 0 aliphatic carbocycles. The van der Waals surface area contributed by atoms with Gasteiger partial charge >= 0.3 is 5.97 Å². The standard InChI is InChI=1S/C19H22N4O4S/c1-11-18(12(2)22(4)21-11)20-19(26)13(3)27-17(25)9-23-14-7-5-6-8-15(14)28-10-16(23)24/h5-8,13H,9-10H2,1-4H3,(H,20,26)/t13-/m1/s1. The number of rotatable bonds is 5. The molecule has 0 saturated heterocycles. The first kappa shape index (κ1) is 19.9. The van der Waals surface area contributed by atoms with Crippen molar-refractivity contribution in [1.82, 2.24) is 9.78 Å². The van der Waals surface area contributed by atoms with Crippen LogP contribution in [0.2, 0.25) is 0 Å². The van der Waals surface area contributed by atoms with E-state index in [1.165, 1.54) is 23.6 Å².